The van der Waals surface area contributed by atoms with E-state index in [4.69, 9.17) is 11.5 Å². The Bertz CT molecular complexity index is 341. The number of rotatable bonds is 4. The third kappa shape index (κ3) is 4.66. The fourth-order valence-corrected chi connectivity index (χ4v) is 2.16. The molecule has 1 atom stereocenters. The Kier molecular flexibility index (Phi) is 5.50. The standard InChI is InChI=1S/C13H20N2O3/c1-3-4-9(2)14-13(18)15-11-7-5-10(6-8-11)12(16)17/h1,9-11H,4-8H2,2H3,(H,16,17)(H2,14,15,18). The molecule has 0 radical (unpaired) electrons. The summed E-state index contributed by atoms with van der Waals surface area (Å²) in [6.07, 6.45) is 8.34. The predicted molar refractivity (Wildman–Crippen MR) is 68.0 cm³/mol. The Morgan fingerprint density at radius 2 is 2.00 bits per heavy atom. The van der Waals surface area contributed by atoms with Gasteiger partial charge >= 0.3 is 12.0 Å². The van der Waals surface area contributed by atoms with E-state index in [1.165, 1.54) is 0 Å². The Balaban J connectivity index is 2.26. The second-order valence-corrected chi connectivity index (χ2v) is 4.81. The van der Waals surface area contributed by atoms with E-state index in [1.807, 2.05) is 6.92 Å². The van der Waals surface area contributed by atoms with Crippen LogP contribution in [0, 0.1) is 18.3 Å². The van der Waals surface area contributed by atoms with Gasteiger partial charge in [-0.3, -0.25) is 4.79 Å². The van der Waals surface area contributed by atoms with Gasteiger partial charge in [-0.2, -0.15) is 0 Å². The highest BCUT2D eigenvalue weighted by atomic mass is 16.4. The van der Waals surface area contributed by atoms with E-state index < -0.39 is 5.97 Å². The van der Waals surface area contributed by atoms with E-state index in [1.54, 1.807) is 0 Å². The number of hydrogen-bond donors (Lipinski definition) is 3. The third-order valence-corrected chi connectivity index (χ3v) is 3.21. The smallest absolute Gasteiger partial charge is 0.315 e. The summed E-state index contributed by atoms with van der Waals surface area (Å²) in [6, 6.07) is -0.208. The van der Waals surface area contributed by atoms with Crippen LogP contribution in [-0.4, -0.2) is 29.2 Å². The van der Waals surface area contributed by atoms with Crippen molar-refractivity contribution < 1.29 is 14.7 Å². The van der Waals surface area contributed by atoms with E-state index in [0.29, 0.717) is 32.1 Å². The van der Waals surface area contributed by atoms with Gasteiger partial charge in [0, 0.05) is 18.5 Å². The molecule has 0 bridgehead atoms. The van der Waals surface area contributed by atoms with Crippen molar-refractivity contribution in [2.24, 2.45) is 5.92 Å². The Labute approximate surface area is 107 Å². The Morgan fingerprint density at radius 3 is 2.50 bits per heavy atom. The fraction of sp³-hybridized carbons (Fsp3) is 0.692. The average molecular weight is 252 g/mol. The van der Waals surface area contributed by atoms with E-state index in [0.717, 1.165) is 0 Å². The molecule has 5 heteroatoms. The maximum Gasteiger partial charge on any atom is 0.315 e. The fourth-order valence-electron chi connectivity index (χ4n) is 2.16. The van der Waals surface area contributed by atoms with Gasteiger partial charge in [0.2, 0.25) is 0 Å². The maximum absolute atomic E-state index is 11.6. The molecule has 0 aromatic rings. The highest BCUT2D eigenvalue weighted by Crippen LogP contribution is 2.24. The summed E-state index contributed by atoms with van der Waals surface area (Å²) in [4.78, 5) is 22.4. The van der Waals surface area contributed by atoms with Gasteiger partial charge in [-0.1, -0.05) is 0 Å². The van der Waals surface area contributed by atoms with Crippen molar-refractivity contribution in [3.63, 3.8) is 0 Å². The number of hydrogen-bond acceptors (Lipinski definition) is 2. The van der Waals surface area contributed by atoms with Crippen molar-refractivity contribution in [1.29, 1.82) is 0 Å². The van der Waals surface area contributed by atoms with Gasteiger partial charge in [0.15, 0.2) is 0 Å². The Hall–Kier alpha value is -1.70. The SMILES string of the molecule is C#CCC(C)NC(=O)NC1CCC(C(=O)O)CC1. The number of urea groups is 1. The van der Waals surface area contributed by atoms with Gasteiger partial charge in [0.25, 0.3) is 0 Å². The molecule has 0 aromatic carbocycles. The molecule has 3 N–H and O–H groups in total. The molecule has 2 amide bonds. The minimum Gasteiger partial charge on any atom is -0.481 e. The zero-order chi connectivity index (χ0) is 13.5. The van der Waals surface area contributed by atoms with Crippen LogP contribution in [0.3, 0.4) is 0 Å². The number of amides is 2. The molecule has 0 heterocycles. The second kappa shape index (κ2) is 6.90. The van der Waals surface area contributed by atoms with Crippen LogP contribution >= 0.6 is 0 Å². The zero-order valence-electron chi connectivity index (χ0n) is 10.6. The average Bonchev–Trinajstić information content (AvgIpc) is 2.29. The van der Waals surface area contributed by atoms with Crippen LogP contribution in [0.5, 0.6) is 0 Å². The number of carboxylic acids is 1. The van der Waals surface area contributed by atoms with E-state index >= 15 is 0 Å². The molecule has 1 aliphatic carbocycles. The largest absolute Gasteiger partial charge is 0.481 e. The highest BCUT2D eigenvalue weighted by molar-refractivity contribution is 5.74. The zero-order valence-corrected chi connectivity index (χ0v) is 10.6. The summed E-state index contributed by atoms with van der Waals surface area (Å²) in [6.45, 7) is 1.85. The molecule has 1 rings (SSSR count). The normalized spacial score (nSPS) is 24.7. The molecule has 100 valence electrons. The molecule has 0 spiro atoms. The molecule has 1 aliphatic rings. The van der Waals surface area contributed by atoms with Crippen molar-refractivity contribution >= 4 is 12.0 Å². The molecule has 0 aliphatic heterocycles. The second-order valence-electron chi connectivity index (χ2n) is 4.81. The van der Waals surface area contributed by atoms with Crippen LogP contribution < -0.4 is 10.6 Å². The van der Waals surface area contributed by atoms with Crippen molar-refractivity contribution in [3.8, 4) is 12.3 Å². The first-order chi connectivity index (χ1) is 8.52. The third-order valence-electron chi connectivity index (χ3n) is 3.21. The molecule has 1 saturated carbocycles. The van der Waals surface area contributed by atoms with E-state index in [2.05, 4.69) is 16.6 Å². The maximum atomic E-state index is 11.6. The summed E-state index contributed by atoms with van der Waals surface area (Å²) in [5, 5.41) is 14.5. The molecule has 18 heavy (non-hydrogen) atoms. The van der Waals surface area contributed by atoms with Gasteiger partial charge in [-0.15, -0.1) is 12.3 Å². The van der Waals surface area contributed by atoms with Crippen molar-refractivity contribution in [2.45, 2.75) is 51.1 Å². The molecule has 0 saturated heterocycles. The lowest BCUT2D eigenvalue weighted by Gasteiger charge is -2.27. The van der Waals surface area contributed by atoms with Gasteiger partial charge < -0.3 is 15.7 Å². The highest BCUT2D eigenvalue weighted by Gasteiger charge is 2.26. The lowest BCUT2D eigenvalue weighted by atomic mass is 9.86. The molecule has 0 aromatic heterocycles. The minimum absolute atomic E-state index is 0.0506. The van der Waals surface area contributed by atoms with Crippen molar-refractivity contribution in [1.82, 2.24) is 10.6 Å². The monoisotopic (exact) mass is 252 g/mol. The number of terminal acetylenes is 1. The first-order valence-corrected chi connectivity index (χ1v) is 6.26. The molecule has 1 unspecified atom stereocenters. The molecular weight excluding hydrogens is 232 g/mol. The van der Waals surface area contributed by atoms with Crippen LogP contribution in [-0.2, 0) is 4.79 Å². The van der Waals surface area contributed by atoms with Crippen LogP contribution in [0.25, 0.3) is 0 Å². The molecular formula is C13H20N2O3. The summed E-state index contributed by atoms with van der Waals surface area (Å²) in [5.41, 5.74) is 0. The first kappa shape index (κ1) is 14.4. The number of aliphatic carboxylic acids is 1. The molecule has 1 fully saturated rings. The first-order valence-electron chi connectivity index (χ1n) is 6.26. The predicted octanol–water partition coefficient (Wildman–Crippen LogP) is 1.34. The summed E-state index contributed by atoms with van der Waals surface area (Å²) in [5.74, 6) is 1.49. The lowest BCUT2D eigenvalue weighted by Crippen LogP contribution is -2.46. The number of nitrogens with one attached hydrogen (secondary N) is 2. The summed E-state index contributed by atoms with van der Waals surface area (Å²) < 4.78 is 0. The Morgan fingerprint density at radius 1 is 1.39 bits per heavy atom. The van der Waals surface area contributed by atoms with Crippen LogP contribution in [0.4, 0.5) is 4.79 Å². The quantitative estimate of drug-likeness (QED) is 0.661. The van der Waals surface area contributed by atoms with Gasteiger partial charge in [0.1, 0.15) is 0 Å². The van der Waals surface area contributed by atoms with Gasteiger partial charge in [0.05, 0.1) is 5.92 Å². The van der Waals surface area contributed by atoms with Crippen LogP contribution in [0.1, 0.15) is 39.0 Å². The van der Waals surface area contributed by atoms with Gasteiger partial charge in [-0.05, 0) is 32.6 Å². The van der Waals surface area contributed by atoms with Crippen molar-refractivity contribution in [3.05, 3.63) is 0 Å². The lowest BCUT2D eigenvalue weighted by molar-refractivity contribution is -0.142. The van der Waals surface area contributed by atoms with Gasteiger partial charge in [-0.25, -0.2) is 4.79 Å². The van der Waals surface area contributed by atoms with E-state index in [-0.39, 0.29) is 24.0 Å². The summed E-state index contributed by atoms with van der Waals surface area (Å²) >= 11 is 0. The number of carbonyl (C=O) groups excluding carboxylic acids is 1. The topological polar surface area (TPSA) is 78.4 Å². The minimum atomic E-state index is -0.736. The van der Waals surface area contributed by atoms with Crippen molar-refractivity contribution in [2.75, 3.05) is 0 Å². The number of carboxylic acid groups (broad SMARTS) is 1. The number of carbonyl (C=O) groups is 2. The summed E-state index contributed by atoms with van der Waals surface area (Å²) in [7, 11) is 0. The molecule has 5 nitrogen and oxygen atoms in total. The van der Waals surface area contributed by atoms with Crippen LogP contribution in [0.15, 0.2) is 0 Å². The van der Waals surface area contributed by atoms with Crippen LogP contribution in [0.2, 0.25) is 0 Å². The van der Waals surface area contributed by atoms with E-state index in [9.17, 15) is 9.59 Å².